The van der Waals surface area contributed by atoms with Gasteiger partial charge in [0.25, 0.3) is 0 Å². The molecule has 11 heteroatoms. The number of nitrogens with one attached hydrogen (secondary N) is 4. The van der Waals surface area contributed by atoms with Crippen LogP contribution in [0.1, 0.15) is 30.4 Å². The Balaban J connectivity index is 1.64. The van der Waals surface area contributed by atoms with Crippen LogP contribution in [0.2, 0.25) is 0 Å². The van der Waals surface area contributed by atoms with Gasteiger partial charge in [0, 0.05) is 18.8 Å². The lowest BCUT2D eigenvalue weighted by molar-refractivity contribution is -0.139. The zero-order chi connectivity index (χ0) is 22.9. The molecule has 3 aliphatic heterocycles. The van der Waals surface area contributed by atoms with E-state index in [-0.39, 0.29) is 17.9 Å². The molecule has 3 aliphatic rings. The summed E-state index contributed by atoms with van der Waals surface area (Å²) in [5.74, 6) is -0.988. The van der Waals surface area contributed by atoms with E-state index in [4.69, 9.17) is 10.1 Å². The standard InChI is InChI=1S/C21H26F4N6O/c1-31-11-28-18-17(29-16(10-26)30-20(18)31)13-8-14(21(23,24)25)19(15(22)9-13)32-7-4-12-2-5-27-6-3-12/h8-10,12,16,26-29H,2-7,11H2,1H3. The van der Waals surface area contributed by atoms with E-state index >= 15 is 0 Å². The van der Waals surface area contributed by atoms with Crippen LogP contribution in [0.4, 0.5) is 17.6 Å². The third-order valence-corrected chi connectivity index (χ3v) is 5.91. The minimum Gasteiger partial charge on any atom is -0.490 e. The number of piperidine rings is 1. The van der Waals surface area contributed by atoms with Gasteiger partial charge in [0.05, 0.1) is 19.0 Å². The molecule has 0 bridgehead atoms. The first-order valence-corrected chi connectivity index (χ1v) is 10.6. The fourth-order valence-electron chi connectivity index (χ4n) is 4.19. The zero-order valence-corrected chi connectivity index (χ0v) is 17.7. The number of aliphatic imine (C=N–C) groups is 1. The third-order valence-electron chi connectivity index (χ3n) is 5.91. The number of amidine groups is 1. The van der Waals surface area contributed by atoms with Crippen molar-refractivity contribution in [1.82, 2.24) is 20.9 Å². The minimum absolute atomic E-state index is 0.0116. The summed E-state index contributed by atoms with van der Waals surface area (Å²) in [6.45, 7) is 2.17. The molecule has 2 fully saturated rings. The largest absolute Gasteiger partial charge is 0.490 e. The molecule has 1 unspecified atom stereocenters. The molecule has 1 aromatic rings. The number of nitrogens with zero attached hydrogens (tertiary/aromatic N) is 2. The Hall–Kier alpha value is -2.82. The van der Waals surface area contributed by atoms with Gasteiger partial charge in [-0.2, -0.15) is 13.2 Å². The van der Waals surface area contributed by atoms with Crippen LogP contribution in [0.3, 0.4) is 0 Å². The van der Waals surface area contributed by atoms with Crippen LogP contribution >= 0.6 is 0 Å². The summed E-state index contributed by atoms with van der Waals surface area (Å²) in [4.78, 5) is 6.11. The Morgan fingerprint density at radius 1 is 1.25 bits per heavy atom. The third kappa shape index (κ3) is 4.52. The maximum absolute atomic E-state index is 15.0. The topological polar surface area (TPSA) is 84.8 Å². The lowest BCUT2D eigenvalue weighted by Crippen LogP contribution is -2.37. The van der Waals surface area contributed by atoms with E-state index in [0.717, 1.165) is 44.3 Å². The van der Waals surface area contributed by atoms with Crippen molar-refractivity contribution in [2.24, 2.45) is 10.9 Å². The summed E-state index contributed by atoms with van der Waals surface area (Å²) >= 11 is 0. The molecule has 4 rings (SSSR count). The molecule has 0 aromatic heterocycles. The number of benzene rings is 1. The second kappa shape index (κ2) is 8.97. The molecule has 0 saturated carbocycles. The first-order valence-electron chi connectivity index (χ1n) is 10.6. The highest BCUT2D eigenvalue weighted by Gasteiger charge is 2.38. The Labute approximate surface area is 183 Å². The highest BCUT2D eigenvalue weighted by Crippen LogP contribution is 2.40. The molecule has 1 atom stereocenters. The van der Waals surface area contributed by atoms with Crippen LogP contribution in [-0.4, -0.2) is 56.5 Å². The van der Waals surface area contributed by atoms with Crippen molar-refractivity contribution in [3.63, 3.8) is 0 Å². The summed E-state index contributed by atoms with van der Waals surface area (Å²) in [5, 5.41) is 16.7. The van der Waals surface area contributed by atoms with Crippen molar-refractivity contribution in [2.75, 3.05) is 33.4 Å². The molecule has 2 saturated heterocycles. The summed E-state index contributed by atoms with van der Waals surface area (Å²) < 4.78 is 61.9. The summed E-state index contributed by atoms with van der Waals surface area (Å²) in [6.07, 6.45) is -2.08. The number of fused-ring (bicyclic) bond motifs is 1. The molecule has 3 heterocycles. The molecular formula is C21H26F4N6O. The second-order valence-electron chi connectivity index (χ2n) is 8.15. The number of likely N-dealkylation sites (N-methyl/N-ethyl adjacent to an activating group) is 1. The maximum Gasteiger partial charge on any atom is 0.420 e. The van der Waals surface area contributed by atoms with Gasteiger partial charge in [-0.15, -0.1) is 0 Å². The Bertz CT molecular complexity index is 939. The molecule has 0 amide bonds. The monoisotopic (exact) mass is 454 g/mol. The zero-order valence-electron chi connectivity index (χ0n) is 17.7. The minimum atomic E-state index is -4.79. The molecular weight excluding hydrogens is 428 g/mol. The van der Waals surface area contributed by atoms with Crippen LogP contribution in [0.15, 0.2) is 22.8 Å². The van der Waals surface area contributed by atoms with Crippen LogP contribution in [0.5, 0.6) is 5.75 Å². The SMILES string of the molecule is CN1CNC2=C(c3cc(F)c(OCCC4CCNCC4)c(C(F)(F)F)c3)NC(C=N)N=C21. The number of ether oxygens (including phenoxy) is 1. The summed E-state index contributed by atoms with van der Waals surface area (Å²) in [5.41, 5.74) is -0.414. The van der Waals surface area contributed by atoms with Gasteiger partial charge in [0.1, 0.15) is 11.3 Å². The molecule has 0 radical (unpaired) electrons. The number of hydrogen-bond acceptors (Lipinski definition) is 7. The molecule has 0 spiro atoms. The van der Waals surface area contributed by atoms with E-state index < -0.39 is 29.5 Å². The quantitative estimate of drug-likeness (QED) is 0.393. The van der Waals surface area contributed by atoms with E-state index in [9.17, 15) is 17.6 Å². The van der Waals surface area contributed by atoms with Crippen molar-refractivity contribution in [1.29, 1.82) is 5.41 Å². The first kappa shape index (κ1) is 22.4. The fraction of sp³-hybridized carbons (Fsp3) is 0.524. The van der Waals surface area contributed by atoms with E-state index in [1.54, 1.807) is 11.9 Å². The molecule has 1 aromatic carbocycles. The summed E-state index contributed by atoms with van der Waals surface area (Å²) in [6, 6.07) is 1.93. The van der Waals surface area contributed by atoms with E-state index in [0.29, 0.717) is 30.5 Å². The first-order chi connectivity index (χ1) is 15.3. The van der Waals surface area contributed by atoms with Gasteiger partial charge < -0.3 is 31.0 Å². The average Bonchev–Trinajstić information content (AvgIpc) is 3.14. The van der Waals surface area contributed by atoms with Crippen LogP contribution in [0, 0.1) is 17.1 Å². The van der Waals surface area contributed by atoms with Crippen LogP contribution in [0.25, 0.3) is 5.70 Å². The molecule has 174 valence electrons. The van der Waals surface area contributed by atoms with Crippen molar-refractivity contribution >= 4 is 17.7 Å². The van der Waals surface area contributed by atoms with Gasteiger partial charge in [-0.25, -0.2) is 9.38 Å². The average molecular weight is 454 g/mol. The lowest BCUT2D eigenvalue weighted by Gasteiger charge is -2.25. The Morgan fingerprint density at radius 2 is 2.00 bits per heavy atom. The maximum atomic E-state index is 15.0. The van der Waals surface area contributed by atoms with Gasteiger partial charge in [-0.3, -0.25) is 0 Å². The number of halogens is 4. The van der Waals surface area contributed by atoms with Crippen molar-refractivity contribution in [3.8, 4) is 5.75 Å². The Kier molecular flexibility index (Phi) is 6.27. The lowest BCUT2D eigenvalue weighted by atomic mass is 9.95. The van der Waals surface area contributed by atoms with Gasteiger partial charge in [0.2, 0.25) is 0 Å². The van der Waals surface area contributed by atoms with Crippen molar-refractivity contribution in [3.05, 3.63) is 34.8 Å². The summed E-state index contributed by atoms with van der Waals surface area (Å²) in [7, 11) is 1.77. The number of hydrogen-bond donors (Lipinski definition) is 4. The normalized spacial score (nSPS) is 21.6. The van der Waals surface area contributed by atoms with Crippen molar-refractivity contribution < 1.29 is 22.3 Å². The highest BCUT2D eigenvalue weighted by molar-refractivity contribution is 6.07. The van der Waals surface area contributed by atoms with Gasteiger partial charge in [-0.05, 0) is 50.4 Å². The predicted octanol–water partition coefficient (Wildman–Crippen LogP) is 2.75. The smallest absolute Gasteiger partial charge is 0.420 e. The highest BCUT2D eigenvalue weighted by atomic mass is 19.4. The molecule has 32 heavy (non-hydrogen) atoms. The number of rotatable bonds is 6. The van der Waals surface area contributed by atoms with Crippen LogP contribution < -0.4 is 20.7 Å². The van der Waals surface area contributed by atoms with Gasteiger partial charge in [-0.1, -0.05) is 0 Å². The van der Waals surface area contributed by atoms with Gasteiger partial charge >= 0.3 is 6.18 Å². The molecule has 4 N–H and O–H groups in total. The fourth-order valence-corrected chi connectivity index (χ4v) is 4.19. The van der Waals surface area contributed by atoms with Crippen molar-refractivity contribution in [2.45, 2.75) is 31.6 Å². The molecule has 0 aliphatic carbocycles. The number of alkyl halides is 3. The van der Waals surface area contributed by atoms with E-state index in [1.165, 1.54) is 0 Å². The molecule has 7 nitrogen and oxygen atoms in total. The van der Waals surface area contributed by atoms with E-state index in [1.807, 2.05) is 0 Å². The van der Waals surface area contributed by atoms with E-state index in [2.05, 4.69) is 20.9 Å². The predicted molar refractivity (Wildman–Crippen MR) is 113 cm³/mol. The van der Waals surface area contributed by atoms with Crippen LogP contribution in [-0.2, 0) is 6.18 Å². The second-order valence-corrected chi connectivity index (χ2v) is 8.15. The van der Waals surface area contributed by atoms with Gasteiger partial charge in [0.15, 0.2) is 23.6 Å². The Morgan fingerprint density at radius 3 is 2.69 bits per heavy atom.